The van der Waals surface area contributed by atoms with E-state index in [0.717, 1.165) is 5.92 Å². The molecule has 0 aromatic heterocycles. The molecule has 0 unspecified atom stereocenters. The van der Waals surface area contributed by atoms with Crippen molar-refractivity contribution in [1.82, 2.24) is 0 Å². The van der Waals surface area contributed by atoms with E-state index in [-0.39, 0.29) is 0 Å². The molecule has 0 nitrogen and oxygen atoms in total. The van der Waals surface area contributed by atoms with E-state index in [1.165, 1.54) is 31.2 Å². The Morgan fingerprint density at radius 3 is 2.91 bits per heavy atom. The molecular weight excluding hydrogens is 132 g/mol. The van der Waals surface area contributed by atoms with Crippen LogP contribution in [0.3, 0.4) is 0 Å². The van der Waals surface area contributed by atoms with Gasteiger partial charge in [0.2, 0.25) is 0 Å². The molecule has 0 amide bonds. The van der Waals surface area contributed by atoms with Gasteiger partial charge in [0, 0.05) is 0 Å². The van der Waals surface area contributed by atoms with E-state index in [9.17, 15) is 0 Å². The van der Waals surface area contributed by atoms with E-state index in [1.54, 1.807) is 0 Å². The van der Waals surface area contributed by atoms with Gasteiger partial charge in [0.15, 0.2) is 0 Å². The summed E-state index contributed by atoms with van der Waals surface area (Å²) in [5.41, 5.74) is 1.46. The lowest BCUT2D eigenvalue weighted by molar-refractivity contribution is 0.314. The van der Waals surface area contributed by atoms with Crippen LogP contribution < -0.4 is 0 Å². The Kier molecular flexibility index (Phi) is 1.93. The van der Waals surface area contributed by atoms with Crippen LogP contribution in [0.5, 0.6) is 0 Å². The van der Waals surface area contributed by atoms with Gasteiger partial charge in [-0.2, -0.15) is 0 Å². The molecule has 0 heterocycles. The molecular formula is C11H13. The molecule has 0 aliphatic heterocycles. The summed E-state index contributed by atoms with van der Waals surface area (Å²) in [4.78, 5) is 0. The Balaban J connectivity index is 1.95. The maximum Gasteiger partial charge on any atom is -0.0181 e. The molecule has 0 bridgehead atoms. The fourth-order valence-electron chi connectivity index (χ4n) is 1.59. The normalized spacial score (nSPS) is 17.8. The van der Waals surface area contributed by atoms with Crippen LogP contribution in [0.4, 0.5) is 0 Å². The highest BCUT2D eigenvalue weighted by Gasteiger charge is 2.16. The van der Waals surface area contributed by atoms with Gasteiger partial charge in [0.25, 0.3) is 0 Å². The van der Waals surface area contributed by atoms with Crippen molar-refractivity contribution >= 4 is 0 Å². The molecule has 57 valence electrons. The van der Waals surface area contributed by atoms with E-state index < -0.39 is 0 Å². The van der Waals surface area contributed by atoms with Crippen LogP contribution in [0, 0.1) is 12.0 Å². The van der Waals surface area contributed by atoms with E-state index in [1.807, 2.05) is 6.07 Å². The molecule has 0 atom stereocenters. The quantitative estimate of drug-likeness (QED) is 0.600. The number of rotatable bonds is 2. The zero-order valence-electron chi connectivity index (χ0n) is 6.72. The molecule has 1 radical (unpaired) electrons. The van der Waals surface area contributed by atoms with Crippen LogP contribution in [0.25, 0.3) is 0 Å². The number of hydrogen-bond donors (Lipinski definition) is 0. The Morgan fingerprint density at radius 2 is 2.36 bits per heavy atom. The maximum absolute atomic E-state index is 3.11. The van der Waals surface area contributed by atoms with Gasteiger partial charge in [-0.05, 0) is 24.0 Å². The lowest BCUT2D eigenvalue weighted by atomic mass is 9.81. The lowest BCUT2D eigenvalue weighted by Gasteiger charge is -2.25. The number of hydrogen-bond acceptors (Lipinski definition) is 0. The van der Waals surface area contributed by atoms with Crippen molar-refractivity contribution in [3.8, 4) is 0 Å². The summed E-state index contributed by atoms with van der Waals surface area (Å²) in [6.45, 7) is 0. The molecule has 2 rings (SSSR count). The molecule has 0 spiro atoms. The molecule has 1 fully saturated rings. The summed E-state index contributed by atoms with van der Waals surface area (Å²) in [5.74, 6) is 0.978. The SMILES string of the molecule is [c]1cccc(CC2CCC2)c1. The van der Waals surface area contributed by atoms with Crippen molar-refractivity contribution in [1.29, 1.82) is 0 Å². The zero-order chi connectivity index (χ0) is 7.52. The summed E-state index contributed by atoms with van der Waals surface area (Å²) in [6.07, 6.45) is 5.60. The van der Waals surface area contributed by atoms with Gasteiger partial charge in [0.1, 0.15) is 0 Å². The highest BCUT2D eigenvalue weighted by atomic mass is 14.2. The fourth-order valence-corrected chi connectivity index (χ4v) is 1.59. The summed E-state index contributed by atoms with van der Waals surface area (Å²) in [6, 6.07) is 11.5. The van der Waals surface area contributed by atoms with Crippen LogP contribution >= 0.6 is 0 Å². The van der Waals surface area contributed by atoms with Crippen molar-refractivity contribution in [2.45, 2.75) is 25.7 Å². The third-order valence-corrected chi connectivity index (χ3v) is 2.52. The first-order chi connectivity index (χ1) is 5.45. The van der Waals surface area contributed by atoms with Gasteiger partial charge >= 0.3 is 0 Å². The lowest BCUT2D eigenvalue weighted by Crippen LogP contribution is -2.13. The van der Waals surface area contributed by atoms with Crippen LogP contribution in [-0.2, 0) is 6.42 Å². The smallest absolute Gasteiger partial charge is 0.0181 e. The van der Waals surface area contributed by atoms with Crippen molar-refractivity contribution in [2.24, 2.45) is 5.92 Å². The Morgan fingerprint density at radius 1 is 1.45 bits per heavy atom. The predicted octanol–water partition coefficient (Wildman–Crippen LogP) is 2.83. The van der Waals surface area contributed by atoms with Crippen LogP contribution in [0.2, 0.25) is 0 Å². The molecule has 1 aliphatic carbocycles. The predicted molar refractivity (Wildman–Crippen MR) is 46.3 cm³/mol. The fraction of sp³-hybridized carbons (Fsp3) is 0.455. The second-order valence-electron chi connectivity index (χ2n) is 3.41. The van der Waals surface area contributed by atoms with Gasteiger partial charge in [-0.15, -0.1) is 0 Å². The van der Waals surface area contributed by atoms with E-state index >= 15 is 0 Å². The first kappa shape index (κ1) is 6.90. The molecule has 1 aromatic rings. The average molecular weight is 145 g/mol. The molecule has 1 aliphatic rings. The molecule has 1 saturated carbocycles. The van der Waals surface area contributed by atoms with Crippen LogP contribution in [-0.4, -0.2) is 0 Å². The molecule has 11 heavy (non-hydrogen) atoms. The van der Waals surface area contributed by atoms with Crippen molar-refractivity contribution in [2.75, 3.05) is 0 Å². The minimum Gasteiger partial charge on any atom is -0.0614 e. The Hall–Kier alpha value is -0.780. The first-order valence-electron chi connectivity index (χ1n) is 4.40. The van der Waals surface area contributed by atoms with E-state index in [4.69, 9.17) is 0 Å². The zero-order valence-corrected chi connectivity index (χ0v) is 6.72. The molecule has 0 heteroatoms. The van der Waals surface area contributed by atoms with Gasteiger partial charge in [-0.3, -0.25) is 0 Å². The van der Waals surface area contributed by atoms with Crippen LogP contribution in [0.1, 0.15) is 24.8 Å². The minimum absolute atomic E-state index is 0.978. The largest absolute Gasteiger partial charge is 0.0614 e. The summed E-state index contributed by atoms with van der Waals surface area (Å²) < 4.78 is 0. The topological polar surface area (TPSA) is 0 Å². The minimum atomic E-state index is 0.978. The third-order valence-electron chi connectivity index (χ3n) is 2.52. The summed E-state index contributed by atoms with van der Waals surface area (Å²) in [7, 11) is 0. The van der Waals surface area contributed by atoms with E-state index in [0.29, 0.717) is 0 Å². The third kappa shape index (κ3) is 1.62. The highest BCUT2D eigenvalue weighted by molar-refractivity contribution is 5.14. The molecule has 0 saturated heterocycles. The van der Waals surface area contributed by atoms with Crippen molar-refractivity contribution in [3.05, 3.63) is 35.9 Å². The average Bonchev–Trinajstić information content (AvgIpc) is 1.99. The monoisotopic (exact) mass is 145 g/mol. The Bertz CT molecular complexity index is 209. The highest BCUT2D eigenvalue weighted by Crippen LogP contribution is 2.29. The Labute approximate surface area is 68.3 Å². The van der Waals surface area contributed by atoms with Gasteiger partial charge in [-0.1, -0.05) is 43.5 Å². The van der Waals surface area contributed by atoms with Gasteiger partial charge < -0.3 is 0 Å². The van der Waals surface area contributed by atoms with Crippen molar-refractivity contribution in [3.63, 3.8) is 0 Å². The van der Waals surface area contributed by atoms with Crippen LogP contribution in [0.15, 0.2) is 24.3 Å². The number of benzene rings is 1. The first-order valence-corrected chi connectivity index (χ1v) is 4.40. The molecule has 1 aromatic carbocycles. The second-order valence-corrected chi connectivity index (χ2v) is 3.41. The maximum atomic E-state index is 3.11. The molecule has 0 N–H and O–H groups in total. The van der Waals surface area contributed by atoms with Crippen molar-refractivity contribution < 1.29 is 0 Å². The van der Waals surface area contributed by atoms with Gasteiger partial charge in [-0.25, -0.2) is 0 Å². The van der Waals surface area contributed by atoms with E-state index in [2.05, 4.69) is 24.3 Å². The van der Waals surface area contributed by atoms with Gasteiger partial charge in [0.05, 0.1) is 0 Å². The summed E-state index contributed by atoms with van der Waals surface area (Å²) >= 11 is 0. The summed E-state index contributed by atoms with van der Waals surface area (Å²) in [5, 5.41) is 0. The second kappa shape index (κ2) is 3.08. The standard InChI is InChI=1S/C11H13/c1-2-5-10(6-3-1)9-11-7-4-8-11/h1-2,5-6,11H,4,7-9H2.